The third-order valence-electron chi connectivity index (χ3n) is 4.55. The molecule has 4 nitrogen and oxygen atoms in total. The molecule has 148 valence electrons. The highest BCUT2D eigenvalue weighted by Gasteiger charge is 2.13. The van der Waals surface area contributed by atoms with Crippen molar-refractivity contribution < 1.29 is 9.18 Å². The lowest BCUT2D eigenvalue weighted by molar-refractivity contribution is -0.117. The lowest BCUT2D eigenvalue weighted by Gasteiger charge is -2.18. The normalized spacial score (nSPS) is 12.1. The summed E-state index contributed by atoms with van der Waals surface area (Å²) < 4.78 is 13.8. The van der Waals surface area contributed by atoms with E-state index >= 15 is 0 Å². The van der Waals surface area contributed by atoms with E-state index in [0.717, 1.165) is 16.7 Å². The summed E-state index contributed by atoms with van der Waals surface area (Å²) in [6.45, 7) is 1.86. The quantitative estimate of drug-likeness (QED) is 0.447. The molecule has 0 saturated carbocycles. The van der Waals surface area contributed by atoms with Gasteiger partial charge < -0.3 is 11.1 Å². The molecule has 0 fully saturated rings. The largest absolute Gasteiger partial charge is 0.398 e. The second kappa shape index (κ2) is 9.34. The van der Waals surface area contributed by atoms with Gasteiger partial charge in [-0.25, -0.2) is 4.39 Å². The average molecular weight is 410 g/mol. The zero-order valence-electron chi connectivity index (χ0n) is 15.9. The van der Waals surface area contributed by atoms with Crippen LogP contribution < -0.4 is 11.1 Å². The Labute approximate surface area is 174 Å². The molecule has 1 atom stereocenters. The van der Waals surface area contributed by atoms with E-state index in [1.807, 2.05) is 37.3 Å². The summed E-state index contributed by atoms with van der Waals surface area (Å²) in [5.74, 6) is -0.828. The van der Waals surface area contributed by atoms with Crippen molar-refractivity contribution in [3.8, 4) is 0 Å². The Morgan fingerprint density at radius 2 is 2.10 bits per heavy atom. The highest BCUT2D eigenvalue weighted by molar-refractivity contribution is 6.30. The van der Waals surface area contributed by atoms with Gasteiger partial charge >= 0.3 is 0 Å². The first-order chi connectivity index (χ1) is 13.9. The Hall–Kier alpha value is -3.18. The van der Waals surface area contributed by atoms with Crippen LogP contribution in [-0.4, -0.2) is 10.9 Å². The van der Waals surface area contributed by atoms with Gasteiger partial charge in [0.1, 0.15) is 5.82 Å². The molecule has 3 N–H and O–H groups in total. The predicted molar refractivity (Wildman–Crippen MR) is 115 cm³/mol. The molecule has 3 rings (SSSR count). The molecule has 29 heavy (non-hydrogen) atoms. The molecule has 0 aliphatic carbocycles. The number of hydrogen-bond donors (Lipinski definition) is 2. The Bertz CT molecular complexity index is 1040. The fraction of sp³-hybridized carbons (Fsp3) is 0.130. The van der Waals surface area contributed by atoms with Crippen molar-refractivity contribution in [1.82, 2.24) is 10.3 Å². The number of halogens is 2. The second-order valence-corrected chi connectivity index (χ2v) is 7.12. The number of pyridine rings is 1. The lowest BCUT2D eigenvalue weighted by atomic mass is 9.98. The molecule has 0 spiro atoms. The lowest BCUT2D eigenvalue weighted by Crippen LogP contribution is -2.25. The number of hydrogen-bond acceptors (Lipinski definition) is 3. The number of carbonyl (C=O) groups excluding carboxylic acids is 1. The molecule has 1 aromatic heterocycles. The molecular formula is C23H21ClFN3O. The van der Waals surface area contributed by atoms with Crippen LogP contribution >= 0.6 is 11.6 Å². The Morgan fingerprint density at radius 1 is 1.28 bits per heavy atom. The van der Waals surface area contributed by atoms with Crippen LogP contribution in [0.25, 0.3) is 6.08 Å². The van der Waals surface area contributed by atoms with E-state index < -0.39 is 5.82 Å². The van der Waals surface area contributed by atoms with E-state index in [0.29, 0.717) is 17.1 Å². The SMILES string of the molecule is C[C@H](NC(=O)C=Cc1ccc(Cl)cc1F)c1cccc(Cc2cccnc2)c1N. The van der Waals surface area contributed by atoms with Gasteiger partial charge in [-0.1, -0.05) is 41.9 Å². The van der Waals surface area contributed by atoms with Gasteiger partial charge in [-0.15, -0.1) is 0 Å². The minimum Gasteiger partial charge on any atom is -0.398 e. The highest BCUT2D eigenvalue weighted by Crippen LogP contribution is 2.26. The number of benzene rings is 2. The summed E-state index contributed by atoms with van der Waals surface area (Å²) in [7, 11) is 0. The number of aromatic nitrogens is 1. The monoisotopic (exact) mass is 409 g/mol. The van der Waals surface area contributed by atoms with E-state index in [1.54, 1.807) is 18.5 Å². The summed E-state index contributed by atoms with van der Waals surface area (Å²) in [4.78, 5) is 16.4. The van der Waals surface area contributed by atoms with Crippen LogP contribution in [0.15, 0.2) is 67.0 Å². The van der Waals surface area contributed by atoms with E-state index in [-0.39, 0.29) is 17.5 Å². The van der Waals surface area contributed by atoms with Crippen molar-refractivity contribution in [1.29, 1.82) is 0 Å². The third-order valence-corrected chi connectivity index (χ3v) is 4.78. The van der Waals surface area contributed by atoms with E-state index in [9.17, 15) is 9.18 Å². The molecule has 0 aliphatic rings. The third kappa shape index (κ3) is 5.42. The van der Waals surface area contributed by atoms with Gasteiger partial charge in [0.2, 0.25) is 5.91 Å². The number of nitrogens with zero attached hydrogens (tertiary/aromatic N) is 1. The molecule has 0 bridgehead atoms. The molecular weight excluding hydrogens is 389 g/mol. The van der Waals surface area contributed by atoms with Crippen LogP contribution in [0, 0.1) is 5.82 Å². The Kier molecular flexibility index (Phi) is 6.62. The van der Waals surface area contributed by atoms with Gasteiger partial charge in [0.25, 0.3) is 0 Å². The highest BCUT2D eigenvalue weighted by atomic mass is 35.5. The van der Waals surface area contributed by atoms with Crippen LogP contribution in [0.4, 0.5) is 10.1 Å². The maximum atomic E-state index is 13.8. The summed E-state index contributed by atoms with van der Waals surface area (Å²) >= 11 is 5.74. The molecule has 0 saturated heterocycles. The minimum absolute atomic E-state index is 0.287. The van der Waals surface area contributed by atoms with Crippen LogP contribution in [0.5, 0.6) is 0 Å². The summed E-state index contributed by atoms with van der Waals surface area (Å²) in [6.07, 6.45) is 6.89. The van der Waals surface area contributed by atoms with Crippen molar-refractivity contribution in [2.75, 3.05) is 5.73 Å². The van der Waals surface area contributed by atoms with Crippen LogP contribution in [0.3, 0.4) is 0 Å². The van der Waals surface area contributed by atoms with Crippen molar-refractivity contribution in [3.05, 3.63) is 100 Å². The molecule has 0 aliphatic heterocycles. The first-order valence-corrected chi connectivity index (χ1v) is 9.51. The van der Waals surface area contributed by atoms with Crippen molar-refractivity contribution in [2.24, 2.45) is 0 Å². The van der Waals surface area contributed by atoms with E-state index in [4.69, 9.17) is 17.3 Å². The number of para-hydroxylation sites is 1. The fourth-order valence-electron chi connectivity index (χ4n) is 3.03. The molecule has 2 aromatic carbocycles. The topological polar surface area (TPSA) is 68.0 Å². The number of nitrogens with two attached hydrogens (primary N) is 1. The average Bonchev–Trinajstić information content (AvgIpc) is 2.69. The van der Waals surface area contributed by atoms with Crippen molar-refractivity contribution in [2.45, 2.75) is 19.4 Å². The van der Waals surface area contributed by atoms with Crippen LogP contribution in [0.2, 0.25) is 5.02 Å². The Morgan fingerprint density at radius 3 is 2.83 bits per heavy atom. The number of carbonyl (C=O) groups is 1. The van der Waals surface area contributed by atoms with Gasteiger partial charge in [0, 0.05) is 41.2 Å². The zero-order valence-corrected chi connectivity index (χ0v) is 16.7. The molecule has 3 aromatic rings. The molecule has 1 heterocycles. The second-order valence-electron chi connectivity index (χ2n) is 6.69. The van der Waals surface area contributed by atoms with Crippen molar-refractivity contribution in [3.63, 3.8) is 0 Å². The van der Waals surface area contributed by atoms with Gasteiger partial charge in [-0.05, 0) is 47.9 Å². The van der Waals surface area contributed by atoms with E-state index in [2.05, 4.69) is 10.3 Å². The molecule has 6 heteroatoms. The van der Waals surface area contributed by atoms with Gasteiger partial charge in [-0.2, -0.15) is 0 Å². The first-order valence-electron chi connectivity index (χ1n) is 9.14. The minimum atomic E-state index is -0.484. The summed E-state index contributed by atoms with van der Waals surface area (Å²) in [6, 6.07) is 13.6. The summed E-state index contributed by atoms with van der Waals surface area (Å²) in [5, 5.41) is 3.17. The first kappa shape index (κ1) is 20.6. The fourth-order valence-corrected chi connectivity index (χ4v) is 3.19. The number of amides is 1. The number of anilines is 1. The van der Waals surface area contributed by atoms with Gasteiger partial charge in [0.15, 0.2) is 0 Å². The number of nitrogen functional groups attached to an aromatic ring is 1. The number of nitrogens with one attached hydrogen (secondary N) is 1. The molecule has 0 radical (unpaired) electrons. The van der Waals surface area contributed by atoms with Gasteiger partial charge in [0.05, 0.1) is 6.04 Å². The molecule has 1 amide bonds. The zero-order chi connectivity index (χ0) is 20.8. The number of rotatable bonds is 6. The maximum absolute atomic E-state index is 13.8. The van der Waals surface area contributed by atoms with Crippen molar-refractivity contribution >= 4 is 29.3 Å². The Balaban J connectivity index is 1.70. The maximum Gasteiger partial charge on any atom is 0.244 e. The summed E-state index contributed by atoms with van der Waals surface area (Å²) in [5.41, 5.74) is 10.1. The van der Waals surface area contributed by atoms with Gasteiger partial charge in [-0.3, -0.25) is 9.78 Å². The smallest absolute Gasteiger partial charge is 0.244 e. The van der Waals surface area contributed by atoms with Crippen LogP contribution in [0.1, 0.15) is 35.2 Å². The predicted octanol–water partition coefficient (Wildman–Crippen LogP) is 4.94. The molecule has 0 unspecified atom stereocenters. The van der Waals surface area contributed by atoms with Crippen LogP contribution in [-0.2, 0) is 11.2 Å². The van der Waals surface area contributed by atoms with E-state index in [1.165, 1.54) is 24.3 Å². The standard InChI is InChI=1S/C23H21ClFN3O/c1-15(28-22(29)10-8-17-7-9-19(24)13-21(17)25)20-6-2-5-18(23(20)26)12-16-4-3-11-27-14-16/h2-11,13-15H,12,26H2,1H3,(H,28,29)/t15-/m0/s1.